The van der Waals surface area contributed by atoms with Gasteiger partial charge in [-0.1, -0.05) is 31.2 Å². The van der Waals surface area contributed by atoms with Gasteiger partial charge < -0.3 is 15.2 Å². The maximum atomic E-state index is 12.8. The number of azo groups is 1. The quantitative estimate of drug-likeness (QED) is 0.0718. The normalized spacial score (nSPS) is 12.3. The molecule has 4 aromatic carbocycles. The van der Waals surface area contributed by atoms with Crippen LogP contribution >= 0.6 is 0 Å². The smallest absolute Gasteiger partial charge is 0.294 e. The van der Waals surface area contributed by atoms with E-state index in [1.807, 2.05) is 19.9 Å². The van der Waals surface area contributed by atoms with Gasteiger partial charge in [0.1, 0.15) is 23.7 Å². The summed E-state index contributed by atoms with van der Waals surface area (Å²) in [6.45, 7) is 3.86. The Morgan fingerprint density at radius 3 is 2.20 bits per heavy atom. The fourth-order valence-corrected chi connectivity index (χ4v) is 6.74. The summed E-state index contributed by atoms with van der Waals surface area (Å²) in [4.78, 5) is 10.1. The summed E-state index contributed by atoms with van der Waals surface area (Å²) in [6.07, 6.45) is -0.0591. The third-order valence-corrected chi connectivity index (χ3v) is 9.71. The molecule has 13 nitrogen and oxygen atoms in total. The topological polar surface area (TPSA) is 190 Å². The molecule has 45 heavy (non-hydrogen) atoms. The number of ether oxygens (including phenoxy) is 1. The maximum absolute atomic E-state index is 12.8. The van der Waals surface area contributed by atoms with E-state index in [4.69, 9.17) is 4.74 Å². The van der Waals surface area contributed by atoms with Crippen molar-refractivity contribution in [2.24, 2.45) is 10.2 Å². The first-order chi connectivity index (χ1) is 20.9. The molecule has 0 aliphatic heterocycles. The number of hydrogen-bond acceptors (Lipinski definition) is 11. The van der Waals surface area contributed by atoms with E-state index in [0.717, 1.165) is 17.7 Å². The van der Waals surface area contributed by atoms with E-state index in [0.29, 0.717) is 29.2 Å². The summed E-state index contributed by atoms with van der Waals surface area (Å²) in [5.74, 6) is 0.468. The maximum Gasteiger partial charge on any atom is 0.294 e. The number of aryl methyl sites for hydroxylation is 1. The van der Waals surface area contributed by atoms with Crippen LogP contribution in [0.25, 0.3) is 0 Å². The molecule has 0 bridgehead atoms. The fourth-order valence-electron chi connectivity index (χ4n) is 3.79. The second-order valence-electron chi connectivity index (χ2n) is 9.56. The molecule has 231 valence electrons. The van der Waals surface area contributed by atoms with E-state index in [9.17, 15) is 32.1 Å². The van der Waals surface area contributed by atoms with Crippen molar-refractivity contribution in [1.29, 1.82) is 0 Å². The van der Waals surface area contributed by atoms with Crippen molar-refractivity contribution < 1.29 is 31.6 Å². The van der Waals surface area contributed by atoms with Crippen molar-refractivity contribution in [2.75, 3.05) is 11.9 Å². The Bertz CT molecular complexity index is 1890. The molecule has 1 unspecified atom stereocenters. The van der Waals surface area contributed by atoms with Crippen molar-refractivity contribution in [3.63, 3.8) is 0 Å². The van der Waals surface area contributed by atoms with Crippen LogP contribution in [-0.2, 0) is 20.0 Å². The minimum atomic E-state index is -4.68. The second kappa shape index (κ2) is 15.5. The van der Waals surface area contributed by atoms with Crippen molar-refractivity contribution in [3.8, 4) is 5.75 Å². The predicted octanol–water partition coefficient (Wildman–Crippen LogP) is 5.50. The van der Waals surface area contributed by atoms with Crippen LogP contribution in [-0.4, -0.2) is 69.1 Å². The molecule has 0 heterocycles. The molecule has 0 saturated carbocycles. The third kappa shape index (κ3) is 9.64. The van der Waals surface area contributed by atoms with Gasteiger partial charge in [0.05, 0.1) is 26.5 Å². The monoisotopic (exact) mass is 662 g/mol. The number of aliphatic hydroxyl groups excluding tert-OH is 1. The van der Waals surface area contributed by atoms with Crippen LogP contribution < -0.4 is 14.2 Å². The van der Waals surface area contributed by atoms with E-state index >= 15 is 0 Å². The molecule has 4 rings (SSSR count). The van der Waals surface area contributed by atoms with Gasteiger partial charge in [0.2, 0.25) is 0 Å². The van der Waals surface area contributed by atoms with Crippen LogP contribution in [0.2, 0.25) is 0 Å². The van der Waals surface area contributed by atoms with Gasteiger partial charge in [-0.05, 0) is 79.6 Å². The number of anilines is 2. The van der Waals surface area contributed by atoms with Gasteiger partial charge in [0.15, 0.2) is 0 Å². The van der Waals surface area contributed by atoms with E-state index in [-0.39, 0.29) is 46.7 Å². The number of nitro benzene ring substituents is 1. The SMILES string of the molecule is CCC(O)COc1ccc(C)cc1N=Nc1ccc(Nc2ccc(S(=O)(=O)NS(=O)(=O)c3ccccc3)cc2[N+](=O)[O-])cc1.[Na]. The molecule has 0 amide bonds. The number of nitrogens with one attached hydrogen (secondary N) is 2. The standard InChI is InChI=1S/C29H29N5O8S2.Na/c1-3-23(35)19-42-29-16-9-20(2)17-27(29)32-31-22-12-10-21(11-13-22)30-26-15-14-25(18-28(26)34(36)37)44(40,41)33-43(38,39)24-7-5-4-6-8-24;/h4-18,23,30,33,35H,3,19H2,1-2H3;. The fraction of sp³-hybridized carbons (Fsp3) is 0.172. The average molecular weight is 663 g/mol. The zero-order valence-electron chi connectivity index (χ0n) is 24.6. The third-order valence-electron chi connectivity index (χ3n) is 6.19. The Morgan fingerprint density at radius 2 is 1.56 bits per heavy atom. The summed E-state index contributed by atoms with van der Waals surface area (Å²) in [5.41, 5.74) is 1.71. The molecular weight excluding hydrogens is 633 g/mol. The Kier molecular flexibility index (Phi) is 12.3. The summed E-state index contributed by atoms with van der Waals surface area (Å²) in [6, 6.07) is 21.7. The summed E-state index contributed by atoms with van der Waals surface area (Å²) in [7, 11) is -9.13. The number of sulfonamides is 2. The van der Waals surface area contributed by atoms with Crippen molar-refractivity contribution in [1.82, 2.24) is 4.13 Å². The molecule has 0 spiro atoms. The Balaban J connectivity index is 0.00000552. The molecule has 1 atom stereocenters. The largest absolute Gasteiger partial charge is 0.489 e. The Labute approximate surface area is 282 Å². The number of rotatable bonds is 13. The van der Waals surface area contributed by atoms with Gasteiger partial charge >= 0.3 is 0 Å². The Morgan fingerprint density at radius 1 is 0.889 bits per heavy atom. The van der Waals surface area contributed by atoms with Crippen LogP contribution in [0.15, 0.2) is 111 Å². The van der Waals surface area contributed by atoms with Gasteiger partial charge in [0.25, 0.3) is 25.7 Å². The molecule has 16 heteroatoms. The molecule has 0 aliphatic rings. The second-order valence-corrected chi connectivity index (χ2v) is 13.2. The first kappa shape index (κ1) is 35.8. The van der Waals surface area contributed by atoms with Crippen molar-refractivity contribution in [2.45, 2.75) is 36.2 Å². The molecule has 0 aliphatic carbocycles. The van der Waals surface area contributed by atoms with E-state index < -0.39 is 41.7 Å². The first-order valence-electron chi connectivity index (χ1n) is 13.2. The van der Waals surface area contributed by atoms with Gasteiger partial charge in [-0.15, -0.1) is 9.24 Å². The van der Waals surface area contributed by atoms with Gasteiger partial charge in [0, 0.05) is 41.3 Å². The molecule has 3 N–H and O–H groups in total. The Hall–Kier alpha value is -3.70. The molecule has 4 aromatic rings. The number of nitro groups is 1. The van der Waals surface area contributed by atoms with Gasteiger partial charge in [-0.25, -0.2) is 16.8 Å². The van der Waals surface area contributed by atoms with Crippen LogP contribution in [0, 0.1) is 17.0 Å². The predicted molar refractivity (Wildman–Crippen MR) is 170 cm³/mol. The molecule has 0 aromatic heterocycles. The van der Waals surface area contributed by atoms with Crippen LogP contribution in [0.1, 0.15) is 18.9 Å². The van der Waals surface area contributed by atoms with E-state index in [1.165, 1.54) is 30.3 Å². The van der Waals surface area contributed by atoms with Crippen molar-refractivity contribution in [3.05, 3.63) is 107 Å². The zero-order valence-corrected chi connectivity index (χ0v) is 28.2. The number of aliphatic hydroxyl groups is 1. The van der Waals surface area contributed by atoms with Crippen LogP contribution in [0.3, 0.4) is 0 Å². The molecule has 1 radical (unpaired) electrons. The first-order valence-corrected chi connectivity index (χ1v) is 16.2. The summed E-state index contributed by atoms with van der Waals surface area (Å²) < 4.78 is 58.0. The van der Waals surface area contributed by atoms with Gasteiger partial charge in [-0.2, -0.15) is 5.11 Å². The van der Waals surface area contributed by atoms with E-state index in [2.05, 4.69) is 15.5 Å². The minimum Gasteiger partial charge on any atom is -0.489 e. The number of hydrogen-bond donors (Lipinski definition) is 3. The summed E-state index contributed by atoms with van der Waals surface area (Å²) in [5, 5.41) is 33.0. The van der Waals surface area contributed by atoms with Crippen LogP contribution in [0.5, 0.6) is 5.75 Å². The van der Waals surface area contributed by atoms with Gasteiger partial charge in [-0.3, -0.25) is 10.1 Å². The molecule has 0 saturated heterocycles. The summed E-state index contributed by atoms with van der Waals surface area (Å²) >= 11 is 0. The number of benzene rings is 4. The molecular formula is C29H29N5NaO8S2. The van der Waals surface area contributed by atoms with Crippen LogP contribution in [0.4, 0.5) is 28.4 Å². The molecule has 0 fully saturated rings. The zero-order chi connectivity index (χ0) is 31.9. The minimum absolute atomic E-state index is 0. The number of nitrogens with zero attached hydrogens (tertiary/aromatic N) is 3. The van der Waals surface area contributed by atoms with Crippen molar-refractivity contribution >= 4 is 78.0 Å². The van der Waals surface area contributed by atoms with E-state index in [1.54, 1.807) is 46.6 Å². The average Bonchev–Trinajstić information content (AvgIpc) is 3.00.